The van der Waals surface area contributed by atoms with Gasteiger partial charge < -0.3 is 5.32 Å². The highest BCUT2D eigenvalue weighted by Crippen LogP contribution is 2.33. The Morgan fingerprint density at radius 3 is 2.74 bits per heavy atom. The first-order valence-corrected chi connectivity index (χ1v) is 7.01. The van der Waals surface area contributed by atoms with Crippen LogP contribution in [0.2, 0.25) is 0 Å². The smallest absolute Gasteiger partial charge is 0.133 e. The summed E-state index contributed by atoms with van der Waals surface area (Å²) in [6, 6.07) is 6.54. The van der Waals surface area contributed by atoms with Crippen LogP contribution >= 0.6 is 0 Å². The average Bonchev–Trinajstić information content (AvgIpc) is 2.90. The summed E-state index contributed by atoms with van der Waals surface area (Å²) in [4.78, 5) is 0. The number of anilines is 1. The molecule has 2 heterocycles. The Kier molecular flexibility index (Phi) is 2.85. The molecule has 0 amide bonds. The maximum Gasteiger partial charge on any atom is 0.133 e. The number of aryl methyl sites for hydroxylation is 2. The van der Waals surface area contributed by atoms with Crippen molar-refractivity contribution in [1.82, 2.24) is 9.78 Å². The van der Waals surface area contributed by atoms with Crippen LogP contribution in [0.5, 0.6) is 0 Å². The Morgan fingerprint density at radius 1 is 1.26 bits per heavy atom. The van der Waals surface area contributed by atoms with Crippen molar-refractivity contribution in [2.75, 3.05) is 11.9 Å². The number of rotatable bonds is 2. The molecule has 0 radical (unpaired) electrons. The fourth-order valence-electron chi connectivity index (χ4n) is 2.88. The van der Waals surface area contributed by atoms with Gasteiger partial charge in [0.15, 0.2) is 0 Å². The molecule has 1 N–H and O–H groups in total. The average molecular weight is 255 g/mol. The van der Waals surface area contributed by atoms with Gasteiger partial charge in [-0.1, -0.05) is 31.5 Å². The lowest BCUT2D eigenvalue weighted by Gasteiger charge is -2.10. The van der Waals surface area contributed by atoms with Gasteiger partial charge in [0.2, 0.25) is 0 Å². The van der Waals surface area contributed by atoms with Crippen LogP contribution in [-0.4, -0.2) is 16.3 Å². The van der Waals surface area contributed by atoms with Crippen LogP contribution in [0.1, 0.15) is 42.1 Å². The van der Waals surface area contributed by atoms with E-state index in [1.807, 2.05) is 0 Å². The van der Waals surface area contributed by atoms with Gasteiger partial charge in [0.1, 0.15) is 5.82 Å². The van der Waals surface area contributed by atoms with Gasteiger partial charge in [0.05, 0.1) is 11.4 Å². The molecule has 0 aliphatic carbocycles. The van der Waals surface area contributed by atoms with Crippen LogP contribution in [-0.2, 0) is 6.42 Å². The van der Waals surface area contributed by atoms with Crippen LogP contribution in [0.4, 0.5) is 5.82 Å². The van der Waals surface area contributed by atoms with E-state index in [9.17, 15) is 0 Å². The Morgan fingerprint density at radius 2 is 2.05 bits per heavy atom. The third-order valence-corrected chi connectivity index (χ3v) is 3.81. The molecule has 0 atom stereocenters. The number of nitrogens with zero attached hydrogens (tertiary/aromatic N) is 2. The molecule has 100 valence electrons. The van der Waals surface area contributed by atoms with Crippen LogP contribution in [0.25, 0.3) is 5.69 Å². The lowest BCUT2D eigenvalue weighted by Crippen LogP contribution is -2.06. The van der Waals surface area contributed by atoms with Crippen LogP contribution in [0, 0.1) is 13.8 Å². The van der Waals surface area contributed by atoms with Gasteiger partial charge in [-0.25, -0.2) is 4.68 Å². The fourth-order valence-corrected chi connectivity index (χ4v) is 2.88. The van der Waals surface area contributed by atoms with Gasteiger partial charge in [-0.2, -0.15) is 5.10 Å². The minimum atomic E-state index is 0.473. The summed E-state index contributed by atoms with van der Waals surface area (Å²) in [7, 11) is 0. The fraction of sp³-hybridized carbons (Fsp3) is 0.438. The van der Waals surface area contributed by atoms with E-state index in [4.69, 9.17) is 5.10 Å². The van der Waals surface area contributed by atoms with Crippen molar-refractivity contribution in [3.05, 3.63) is 40.6 Å². The van der Waals surface area contributed by atoms with E-state index in [1.54, 1.807) is 0 Å². The van der Waals surface area contributed by atoms with Gasteiger partial charge >= 0.3 is 0 Å². The molecular weight excluding hydrogens is 234 g/mol. The summed E-state index contributed by atoms with van der Waals surface area (Å²) < 4.78 is 2.09. The van der Waals surface area contributed by atoms with E-state index in [1.165, 1.54) is 33.9 Å². The third kappa shape index (κ3) is 1.93. The summed E-state index contributed by atoms with van der Waals surface area (Å²) in [6.07, 6.45) is 1.09. The highest BCUT2D eigenvalue weighted by atomic mass is 15.3. The van der Waals surface area contributed by atoms with Crippen molar-refractivity contribution in [2.24, 2.45) is 0 Å². The monoisotopic (exact) mass is 255 g/mol. The normalized spacial score (nSPS) is 13.7. The van der Waals surface area contributed by atoms with E-state index in [2.05, 4.69) is 55.9 Å². The molecule has 1 aliphatic rings. The van der Waals surface area contributed by atoms with Gasteiger partial charge in [-0.3, -0.25) is 0 Å². The van der Waals surface area contributed by atoms with Gasteiger partial charge in [0, 0.05) is 12.1 Å². The Bertz CT molecular complexity index is 623. The second-order valence-electron chi connectivity index (χ2n) is 5.75. The molecule has 0 saturated heterocycles. The second kappa shape index (κ2) is 4.41. The van der Waals surface area contributed by atoms with Gasteiger partial charge in [0.25, 0.3) is 0 Å². The second-order valence-corrected chi connectivity index (χ2v) is 5.75. The third-order valence-electron chi connectivity index (χ3n) is 3.81. The van der Waals surface area contributed by atoms with Crippen LogP contribution in [0.3, 0.4) is 0 Å². The van der Waals surface area contributed by atoms with Crippen molar-refractivity contribution in [1.29, 1.82) is 0 Å². The van der Waals surface area contributed by atoms with E-state index < -0.39 is 0 Å². The van der Waals surface area contributed by atoms with Crippen LogP contribution < -0.4 is 5.32 Å². The molecule has 3 nitrogen and oxygen atoms in total. The lowest BCUT2D eigenvalue weighted by molar-refractivity contribution is 0.754. The summed E-state index contributed by atoms with van der Waals surface area (Å²) >= 11 is 0. The summed E-state index contributed by atoms with van der Waals surface area (Å²) in [5, 5.41) is 8.33. The first-order valence-electron chi connectivity index (χ1n) is 7.01. The van der Waals surface area contributed by atoms with E-state index in [-0.39, 0.29) is 0 Å². The molecule has 1 aliphatic heterocycles. The van der Waals surface area contributed by atoms with Crippen molar-refractivity contribution in [3.63, 3.8) is 0 Å². The SMILES string of the molecule is Cc1ccc(-n2nc(C(C)C)c3c2NCC3)c(C)c1. The Balaban J connectivity index is 2.18. The predicted octanol–water partition coefficient (Wildman–Crippen LogP) is 3.58. The zero-order valence-corrected chi connectivity index (χ0v) is 12.1. The zero-order valence-electron chi connectivity index (χ0n) is 12.1. The molecular formula is C16H21N3. The van der Waals surface area contributed by atoms with Crippen molar-refractivity contribution >= 4 is 5.82 Å². The molecule has 3 rings (SSSR count). The minimum Gasteiger partial charge on any atom is -0.369 e. The number of aromatic nitrogens is 2. The molecule has 19 heavy (non-hydrogen) atoms. The Hall–Kier alpha value is -1.77. The topological polar surface area (TPSA) is 29.9 Å². The van der Waals surface area contributed by atoms with Gasteiger partial charge in [-0.15, -0.1) is 0 Å². The van der Waals surface area contributed by atoms with E-state index >= 15 is 0 Å². The van der Waals surface area contributed by atoms with E-state index in [0.29, 0.717) is 5.92 Å². The van der Waals surface area contributed by atoms with E-state index in [0.717, 1.165) is 13.0 Å². The minimum absolute atomic E-state index is 0.473. The highest BCUT2D eigenvalue weighted by molar-refractivity contribution is 5.59. The van der Waals surface area contributed by atoms with Gasteiger partial charge in [-0.05, 0) is 37.8 Å². The van der Waals surface area contributed by atoms with Crippen molar-refractivity contribution in [3.8, 4) is 5.69 Å². The molecule has 0 saturated carbocycles. The maximum atomic E-state index is 4.85. The Labute approximate surface area is 114 Å². The zero-order chi connectivity index (χ0) is 13.6. The van der Waals surface area contributed by atoms with Crippen molar-refractivity contribution in [2.45, 2.75) is 40.0 Å². The summed E-state index contributed by atoms with van der Waals surface area (Å²) in [5.41, 5.74) is 6.38. The number of hydrogen-bond acceptors (Lipinski definition) is 2. The quantitative estimate of drug-likeness (QED) is 0.889. The molecule has 2 aromatic rings. The van der Waals surface area contributed by atoms with Crippen LogP contribution in [0.15, 0.2) is 18.2 Å². The predicted molar refractivity (Wildman–Crippen MR) is 79.3 cm³/mol. The molecule has 1 aromatic carbocycles. The standard InChI is InChI=1S/C16H21N3/c1-10(2)15-13-7-8-17-16(13)19(18-15)14-6-5-11(3)9-12(14)4/h5-6,9-10,17H,7-8H2,1-4H3. The summed E-state index contributed by atoms with van der Waals surface area (Å²) in [5.74, 6) is 1.66. The molecule has 3 heteroatoms. The highest BCUT2D eigenvalue weighted by Gasteiger charge is 2.24. The molecule has 0 fully saturated rings. The number of benzene rings is 1. The molecule has 0 unspecified atom stereocenters. The first kappa shape index (κ1) is 12.3. The molecule has 0 bridgehead atoms. The lowest BCUT2D eigenvalue weighted by atomic mass is 10.1. The number of fused-ring (bicyclic) bond motifs is 1. The molecule has 1 aromatic heterocycles. The first-order chi connectivity index (χ1) is 9.08. The number of nitrogens with one attached hydrogen (secondary N) is 1. The van der Waals surface area contributed by atoms with Crippen molar-refractivity contribution < 1.29 is 0 Å². The maximum absolute atomic E-state index is 4.85. The molecule has 0 spiro atoms. The largest absolute Gasteiger partial charge is 0.369 e. The summed E-state index contributed by atoms with van der Waals surface area (Å²) in [6.45, 7) is 9.74. The number of hydrogen-bond donors (Lipinski definition) is 1.